The highest BCUT2D eigenvalue weighted by Gasteiger charge is 2.19. The van der Waals surface area contributed by atoms with Gasteiger partial charge in [-0.1, -0.05) is 51.0 Å². The maximum atomic E-state index is 9.59. The molecular weight excluding hydrogens is 412 g/mol. The lowest BCUT2D eigenvalue weighted by atomic mass is 9.78. The molecule has 0 N–H and O–H groups in total. The minimum absolute atomic E-state index is 0. The van der Waals surface area contributed by atoms with Crippen LogP contribution in [0.3, 0.4) is 0 Å². The van der Waals surface area contributed by atoms with Gasteiger partial charge in [-0.2, -0.15) is 11.8 Å². The van der Waals surface area contributed by atoms with Crippen molar-refractivity contribution >= 4 is 17.7 Å². The lowest BCUT2D eigenvalue weighted by Gasteiger charge is -2.28. The van der Waals surface area contributed by atoms with Crippen LogP contribution in [-0.4, -0.2) is 60.8 Å². The number of methoxy groups -OCH3 is 4. The van der Waals surface area contributed by atoms with E-state index < -0.39 is 0 Å². The summed E-state index contributed by atoms with van der Waals surface area (Å²) in [6.07, 6.45) is 7.03. The first-order valence-electron chi connectivity index (χ1n) is 8.38. The Kier molecular flexibility index (Phi) is 143. The van der Waals surface area contributed by atoms with Gasteiger partial charge in [0.15, 0.2) is 0 Å². The van der Waals surface area contributed by atoms with Crippen LogP contribution in [0, 0.1) is 23.7 Å². The van der Waals surface area contributed by atoms with Gasteiger partial charge in [0, 0.05) is 35.4 Å². The second-order valence-corrected chi connectivity index (χ2v) is 6.21. The van der Waals surface area contributed by atoms with Gasteiger partial charge < -0.3 is 18.9 Å². The molecule has 0 atom stereocenters. The molecule has 0 heterocycles. The molecule has 0 saturated heterocycles. The molecule has 6 heteroatoms. The Morgan fingerprint density at radius 3 is 1.00 bits per heavy atom. The van der Waals surface area contributed by atoms with E-state index in [-0.39, 0.29) is 43.1 Å². The van der Waals surface area contributed by atoms with Gasteiger partial charge in [0.1, 0.15) is 6.79 Å². The number of hydrogen-bond acceptors (Lipinski definition) is 6. The van der Waals surface area contributed by atoms with E-state index in [9.17, 15) is 4.79 Å². The van der Waals surface area contributed by atoms with Gasteiger partial charge >= 0.3 is 5.97 Å². The molecule has 0 spiro atoms. The second-order valence-electron chi connectivity index (χ2n) is 5.39. The van der Waals surface area contributed by atoms with E-state index in [1.54, 1.807) is 40.2 Å². The Labute approximate surface area is 204 Å². The zero-order valence-electron chi connectivity index (χ0n) is 19.2. The Hall–Kier alpha value is -0.740. The third-order valence-corrected chi connectivity index (χ3v) is 2.38. The molecule has 0 amide bonds. The van der Waals surface area contributed by atoms with E-state index >= 15 is 0 Å². The largest absolute Gasteiger partial charge is 0.469 e. The van der Waals surface area contributed by atoms with Crippen LogP contribution in [0.15, 0.2) is 0 Å². The molecule has 31 heavy (non-hydrogen) atoms. The first-order chi connectivity index (χ1) is 12.2. The van der Waals surface area contributed by atoms with Crippen LogP contribution in [0.4, 0.5) is 0 Å². The average molecular weight is 477 g/mol. The van der Waals surface area contributed by atoms with Crippen LogP contribution in [-0.2, 0) is 23.7 Å². The molecule has 0 bridgehead atoms. The molecule has 0 aromatic heterocycles. The van der Waals surface area contributed by atoms with Gasteiger partial charge in [-0.25, -0.2) is 0 Å². The molecule has 0 unspecified atom stereocenters. The van der Waals surface area contributed by atoms with Crippen LogP contribution >= 0.6 is 11.8 Å². The maximum absolute atomic E-state index is 9.59. The van der Waals surface area contributed by atoms with Crippen molar-refractivity contribution in [3.8, 4) is 11.8 Å². The Balaban J connectivity index is -0.0000000210. The highest BCUT2D eigenvalue weighted by molar-refractivity contribution is 7.97. The van der Waals surface area contributed by atoms with Crippen molar-refractivity contribution in [3.05, 3.63) is 0 Å². The molecule has 1 aliphatic rings. The van der Waals surface area contributed by atoms with Gasteiger partial charge in [0.2, 0.25) is 0 Å². The van der Waals surface area contributed by atoms with Gasteiger partial charge in [-0.15, -0.1) is 11.8 Å². The lowest BCUT2D eigenvalue weighted by Crippen LogP contribution is -2.16. The predicted octanol–water partition coefficient (Wildman–Crippen LogP) is 7.92. The monoisotopic (exact) mass is 476 g/mol. The molecule has 1 aliphatic carbocycles. The molecule has 0 aromatic rings. The van der Waals surface area contributed by atoms with Gasteiger partial charge in [-0.3, -0.25) is 4.79 Å². The van der Waals surface area contributed by atoms with Crippen LogP contribution in [0.2, 0.25) is 0 Å². The normalized spacial score (nSPS) is 12.8. The standard InChI is InChI=1S/C6H12.C4H6.C3H8O2.C3H6O2.C2H6O.C2H6S.5CH4/c1-5-3-6(2)4-5;1-3-4-2;1-4-3-5-2;1-3(4)5-2;2*1-3-2;;;;;/h5-6H,3-4H2,1-2H3;1-2H3;3H2,1-2H3;1-2H3;2*1-2H3;5*1H4. The van der Waals surface area contributed by atoms with Crippen molar-refractivity contribution in [2.45, 2.75) is 84.6 Å². The highest BCUT2D eigenvalue weighted by Crippen LogP contribution is 2.31. The number of hydrogen-bond donors (Lipinski definition) is 0. The molecule has 200 valence electrons. The first kappa shape index (κ1) is 63.1. The number of ether oxygens (including phenoxy) is 4. The van der Waals surface area contributed by atoms with Gasteiger partial charge in [0.05, 0.1) is 7.11 Å². The third kappa shape index (κ3) is 145. The SMILES string of the molecule is C.C.C.C.C.CC#CC.CC1CC(C)C1.COC.COC(C)=O.COCOC.CSC. The number of carbonyl (C=O) groups is 1. The molecule has 5 nitrogen and oxygen atoms in total. The average Bonchev–Trinajstić information content (AvgIpc) is 2.57. The van der Waals surface area contributed by atoms with Crippen LogP contribution in [0.5, 0.6) is 0 Å². The Morgan fingerprint density at radius 1 is 0.806 bits per heavy atom. The summed E-state index contributed by atoms with van der Waals surface area (Å²) in [6.45, 7) is 10.0. The molecule has 0 aromatic carbocycles. The minimum atomic E-state index is -0.245. The fourth-order valence-electron chi connectivity index (χ4n) is 1.42. The third-order valence-electron chi connectivity index (χ3n) is 2.38. The van der Waals surface area contributed by atoms with Crippen molar-refractivity contribution in [2.24, 2.45) is 11.8 Å². The van der Waals surface area contributed by atoms with E-state index in [1.807, 2.05) is 26.4 Å². The Morgan fingerprint density at radius 2 is 1.00 bits per heavy atom. The number of thioether (sulfide) groups is 1. The van der Waals surface area contributed by atoms with Gasteiger partial charge in [-0.05, 0) is 51.0 Å². The van der Waals surface area contributed by atoms with Crippen molar-refractivity contribution in [1.29, 1.82) is 0 Å². The zero-order chi connectivity index (χ0) is 21.8. The molecule has 0 aliphatic heterocycles. The van der Waals surface area contributed by atoms with Crippen molar-refractivity contribution in [2.75, 3.05) is 54.9 Å². The Bertz CT molecular complexity index is 267. The summed E-state index contributed by atoms with van der Waals surface area (Å²) in [4.78, 5) is 9.59. The summed E-state index contributed by atoms with van der Waals surface area (Å²) in [7, 11) is 7.77. The van der Waals surface area contributed by atoms with Gasteiger partial charge in [0.25, 0.3) is 0 Å². The fraction of sp³-hybridized carbons (Fsp3) is 0.880. The van der Waals surface area contributed by atoms with E-state index in [0.29, 0.717) is 6.79 Å². The van der Waals surface area contributed by atoms with E-state index in [4.69, 9.17) is 0 Å². The van der Waals surface area contributed by atoms with Crippen LogP contribution in [0.25, 0.3) is 0 Å². The fourth-order valence-corrected chi connectivity index (χ4v) is 1.42. The van der Waals surface area contributed by atoms with Crippen LogP contribution in [0.1, 0.15) is 84.6 Å². The lowest BCUT2D eigenvalue weighted by molar-refractivity contribution is -0.137. The number of esters is 1. The van der Waals surface area contributed by atoms with E-state index in [0.717, 1.165) is 11.8 Å². The van der Waals surface area contributed by atoms with Crippen molar-refractivity contribution in [1.82, 2.24) is 0 Å². The van der Waals surface area contributed by atoms with E-state index in [2.05, 4.69) is 44.6 Å². The first-order valence-corrected chi connectivity index (χ1v) is 10.0. The molecule has 0 radical (unpaired) electrons. The maximum Gasteiger partial charge on any atom is 0.302 e. The summed E-state index contributed by atoms with van der Waals surface area (Å²) >= 11 is 1.75. The van der Waals surface area contributed by atoms with E-state index in [1.165, 1.54) is 26.9 Å². The summed E-state index contributed by atoms with van der Waals surface area (Å²) in [5.41, 5.74) is 0. The summed E-state index contributed by atoms with van der Waals surface area (Å²) < 4.78 is 17.3. The smallest absolute Gasteiger partial charge is 0.302 e. The quantitative estimate of drug-likeness (QED) is 0.229. The minimum Gasteiger partial charge on any atom is -0.469 e. The highest BCUT2D eigenvalue weighted by atomic mass is 32.2. The number of rotatable bonds is 2. The molecule has 1 rings (SSSR count). The summed E-state index contributed by atoms with van der Waals surface area (Å²) in [5, 5.41) is 0. The predicted molar refractivity (Wildman–Crippen MR) is 149 cm³/mol. The zero-order valence-corrected chi connectivity index (χ0v) is 20.0. The van der Waals surface area contributed by atoms with Crippen molar-refractivity contribution < 1.29 is 23.7 Å². The summed E-state index contributed by atoms with van der Waals surface area (Å²) in [6, 6.07) is 0. The molecule has 1 fully saturated rings. The number of carbonyl (C=O) groups excluding carboxylic acids is 1. The van der Waals surface area contributed by atoms with Crippen LogP contribution < -0.4 is 0 Å². The van der Waals surface area contributed by atoms with Crippen molar-refractivity contribution in [3.63, 3.8) is 0 Å². The summed E-state index contributed by atoms with van der Waals surface area (Å²) in [5.74, 6) is 7.20. The second kappa shape index (κ2) is 70.1. The molecular formula is C25H64O5S. The molecule has 1 saturated carbocycles. The topological polar surface area (TPSA) is 54.0 Å².